The second-order valence-corrected chi connectivity index (χ2v) is 5.05. The summed E-state index contributed by atoms with van der Waals surface area (Å²) in [4.78, 5) is 0. The van der Waals surface area contributed by atoms with Crippen LogP contribution in [-0.4, -0.2) is 20.0 Å². The minimum Gasteiger partial charge on any atom is -0.324 e. The normalized spacial score (nSPS) is 13.1. The molecule has 2 aromatic heterocycles. The van der Waals surface area contributed by atoms with Crippen LogP contribution >= 0.6 is 11.3 Å². The molecule has 0 fully saturated rings. The van der Waals surface area contributed by atoms with Crippen LogP contribution in [0.3, 0.4) is 0 Å². The fourth-order valence-electron chi connectivity index (χ4n) is 1.87. The molecule has 2 aromatic rings. The van der Waals surface area contributed by atoms with Crippen molar-refractivity contribution in [2.45, 2.75) is 33.7 Å². The van der Waals surface area contributed by atoms with Gasteiger partial charge in [0.1, 0.15) is 5.01 Å². The Bertz CT molecular complexity index is 511. The smallest absolute Gasteiger partial charge is 0.233 e. The Morgan fingerprint density at radius 3 is 2.38 bits per heavy atom. The Hall–Kier alpha value is -1.27. The SMILES string of the molecule is Cc1nnc(-n2nc(C)c(C(C)N)c2C)s1. The van der Waals surface area contributed by atoms with E-state index in [9.17, 15) is 0 Å². The van der Waals surface area contributed by atoms with Crippen molar-refractivity contribution in [1.29, 1.82) is 0 Å². The second-order valence-electron chi connectivity index (χ2n) is 3.89. The molecule has 5 nitrogen and oxygen atoms in total. The van der Waals surface area contributed by atoms with Crippen molar-refractivity contribution in [3.63, 3.8) is 0 Å². The maximum absolute atomic E-state index is 5.93. The van der Waals surface area contributed by atoms with Gasteiger partial charge < -0.3 is 5.73 Å². The number of nitrogens with zero attached hydrogens (tertiary/aromatic N) is 4. The first-order valence-corrected chi connectivity index (χ1v) is 5.94. The molecule has 0 aromatic carbocycles. The van der Waals surface area contributed by atoms with Crippen molar-refractivity contribution >= 4 is 11.3 Å². The number of hydrogen-bond donors (Lipinski definition) is 1. The Kier molecular flexibility index (Phi) is 2.77. The van der Waals surface area contributed by atoms with Gasteiger partial charge in [0.15, 0.2) is 0 Å². The van der Waals surface area contributed by atoms with Crippen molar-refractivity contribution in [2.24, 2.45) is 5.73 Å². The number of aromatic nitrogens is 4. The quantitative estimate of drug-likeness (QED) is 0.862. The lowest BCUT2D eigenvalue weighted by atomic mass is 10.1. The van der Waals surface area contributed by atoms with Gasteiger partial charge in [0.2, 0.25) is 5.13 Å². The number of hydrogen-bond acceptors (Lipinski definition) is 5. The first-order valence-electron chi connectivity index (χ1n) is 5.13. The minimum atomic E-state index is -0.0113. The van der Waals surface area contributed by atoms with Gasteiger partial charge in [-0.2, -0.15) is 5.10 Å². The van der Waals surface area contributed by atoms with E-state index in [4.69, 9.17) is 5.73 Å². The van der Waals surface area contributed by atoms with Crippen LogP contribution in [0, 0.1) is 20.8 Å². The molecule has 0 radical (unpaired) electrons. The predicted octanol–water partition coefficient (Wildman–Crippen LogP) is 1.67. The van der Waals surface area contributed by atoms with Crippen molar-refractivity contribution in [2.75, 3.05) is 0 Å². The molecule has 0 spiro atoms. The third-order valence-corrected chi connectivity index (χ3v) is 3.31. The van der Waals surface area contributed by atoms with Gasteiger partial charge >= 0.3 is 0 Å². The van der Waals surface area contributed by atoms with E-state index < -0.39 is 0 Å². The standard InChI is InChI=1S/C10H15N5S/c1-5(11)9-6(2)14-15(7(9)3)10-13-12-8(4)16-10/h5H,11H2,1-4H3. The third-order valence-electron chi connectivity index (χ3n) is 2.50. The van der Waals surface area contributed by atoms with Crippen LogP contribution in [0.25, 0.3) is 5.13 Å². The predicted molar refractivity (Wildman–Crippen MR) is 63.8 cm³/mol. The van der Waals surface area contributed by atoms with Crippen molar-refractivity contribution < 1.29 is 0 Å². The zero-order valence-corrected chi connectivity index (χ0v) is 10.7. The zero-order chi connectivity index (χ0) is 11.9. The van der Waals surface area contributed by atoms with E-state index in [1.165, 1.54) is 11.3 Å². The molecular formula is C10H15N5S. The molecule has 0 aliphatic carbocycles. The van der Waals surface area contributed by atoms with Gasteiger partial charge in [0.25, 0.3) is 0 Å². The highest BCUT2D eigenvalue weighted by molar-refractivity contribution is 7.13. The Labute approximate surface area is 98.3 Å². The lowest BCUT2D eigenvalue weighted by Crippen LogP contribution is -2.07. The van der Waals surface area contributed by atoms with Gasteiger partial charge in [-0.25, -0.2) is 4.68 Å². The average molecular weight is 237 g/mol. The van der Waals surface area contributed by atoms with E-state index in [2.05, 4.69) is 15.3 Å². The molecule has 0 saturated heterocycles. The Balaban J connectivity index is 2.55. The second kappa shape index (κ2) is 3.95. The average Bonchev–Trinajstić information content (AvgIpc) is 2.70. The summed E-state index contributed by atoms with van der Waals surface area (Å²) in [5.41, 5.74) is 9.02. The molecule has 1 unspecified atom stereocenters. The molecule has 0 bridgehead atoms. The summed E-state index contributed by atoms with van der Waals surface area (Å²) >= 11 is 1.53. The molecule has 2 N–H and O–H groups in total. The van der Waals surface area contributed by atoms with Crippen LogP contribution in [-0.2, 0) is 0 Å². The number of aryl methyl sites for hydroxylation is 2. The van der Waals surface area contributed by atoms with Crippen LogP contribution in [0.1, 0.15) is 34.9 Å². The summed E-state index contributed by atoms with van der Waals surface area (Å²) in [6, 6.07) is -0.0113. The zero-order valence-electron chi connectivity index (χ0n) is 9.85. The van der Waals surface area contributed by atoms with E-state index in [0.29, 0.717) is 0 Å². The van der Waals surface area contributed by atoms with E-state index in [1.54, 1.807) is 0 Å². The van der Waals surface area contributed by atoms with Crippen LogP contribution in [0.15, 0.2) is 0 Å². The summed E-state index contributed by atoms with van der Waals surface area (Å²) in [5, 5.41) is 14.3. The fourth-order valence-corrected chi connectivity index (χ4v) is 2.56. The maximum atomic E-state index is 5.93. The lowest BCUT2D eigenvalue weighted by molar-refractivity contribution is 0.788. The van der Waals surface area contributed by atoms with Crippen LogP contribution in [0.2, 0.25) is 0 Å². The monoisotopic (exact) mass is 237 g/mol. The van der Waals surface area contributed by atoms with Gasteiger partial charge in [-0.15, -0.1) is 10.2 Å². The molecule has 86 valence electrons. The molecular weight excluding hydrogens is 222 g/mol. The highest BCUT2D eigenvalue weighted by Crippen LogP contribution is 2.23. The van der Waals surface area contributed by atoms with Gasteiger partial charge in [0.05, 0.1) is 5.69 Å². The molecule has 1 atom stereocenters. The van der Waals surface area contributed by atoms with Crippen LogP contribution in [0.4, 0.5) is 0 Å². The third kappa shape index (κ3) is 1.74. The topological polar surface area (TPSA) is 69.6 Å². The summed E-state index contributed by atoms with van der Waals surface area (Å²) in [5.74, 6) is 0. The maximum Gasteiger partial charge on any atom is 0.233 e. The first kappa shape index (κ1) is 11.2. The van der Waals surface area contributed by atoms with E-state index in [1.807, 2.05) is 32.4 Å². The van der Waals surface area contributed by atoms with E-state index in [0.717, 1.165) is 27.1 Å². The van der Waals surface area contributed by atoms with Crippen molar-refractivity contribution in [3.8, 4) is 5.13 Å². The molecule has 0 aliphatic heterocycles. The van der Waals surface area contributed by atoms with E-state index >= 15 is 0 Å². The fraction of sp³-hybridized carbons (Fsp3) is 0.500. The number of nitrogens with two attached hydrogens (primary N) is 1. The number of rotatable bonds is 2. The van der Waals surface area contributed by atoms with Gasteiger partial charge in [-0.1, -0.05) is 11.3 Å². The summed E-state index contributed by atoms with van der Waals surface area (Å²) in [7, 11) is 0. The molecule has 0 aliphatic rings. The molecule has 0 amide bonds. The van der Waals surface area contributed by atoms with Crippen molar-refractivity contribution in [1.82, 2.24) is 20.0 Å². The van der Waals surface area contributed by atoms with E-state index in [-0.39, 0.29) is 6.04 Å². The summed E-state index contributed by atoms with van der Waals surface area (Å²) < 4.78 is 1.82. The summed E-state index contributed by atoms with van der Waals surface area (Å²) in [6.45, 7) is 7.87. The molecule has 16 heavy (non-hydrogen) atoms. The molecule has 2 rings (SSSR count). The van der Waals surface area contributed by atoms with Gasteiger partial charge in [-0.05, 0) is 27.7 Å². The lowest BCUT2D eigenvalue weighted by Gasteiger charge is -2.05. The minimum absolute atomic E-state index is 0.0113. The van der Waals surface area contributed by atoms with Gasteiger partial charge in [-0.3, -0.25) is 0 Å². The van der Waals surface area contributed by atoms with Crippen LogP contribution < -0.4 is 5.73 Å². The molecule has 6 heteroatoms. The Morgan fingerprint density at radius 2 is 1.94 bits per heavy atom. The molecule has 2 heterocycles. The van der Waals surface area contributed by atoms with Crippen molar-refractivity contribution in [3.05, 3.63) is 22.0 Å². The summed E-state index contributed by atoms with van der Waals surface area (Å²) in [6.07, 6.45) is 0. The molecule has 0 saturated carbocycles. The van der Waals surface area contributed by atoms with Crippen LogP contribution in [0.5, 0.6) is 0 Å². The van der Waals surface area contributed by atoms with Gasteiger partial charge in [0, 0.05) is 17.3 Å². The highest BCUT2D eigenvalue weighted by atomic mass is 32.1. The first-order chi connectivity index (χ1) is 7.50. The largest absolute Gasteiger partial charge is 0.324 e. The Morgan fingerprint density at radius 1 is 1.25 bits per heavy atom. The highest BCUT2D eigenvalue weighted by Gasteiger charge is 2.17.